The van der Waals surface area contributed by atoms with Crippen LogP contribution in [0.15, 0.2) is 0 Å². The fraction of sp³-hybridized carbons (Fsp3) is 1.00. The van der Waals surface area contributed by atoms with Crippen LogP contribution in [-0.2, 0) is 0 Å². The van der Waals surface area contributed by atoms with E-state index in [1.54, 1.807) is 0 Å². The zero-order chi connectivity index (χ0) is 7.95. The summed E-state index contributed by atoms with van der Waals surface area (Å²) in [4.78, 5) is 0. The molecular formula is C9H17NS. The first-order valence-corrected chi connectivity index (χ1v) is 5.57. The van der Waals surface area contributed by atoms with Gasteiger partial charge in [-0.2, -0.15) is 11.8 Å². The van der Waals surface area contributed by atoms with Crippen LogP contribution in [0.4, 0.5) is 0 Å². The molecule has 0 saturated heterocycles. The molecular weight excluding hydrogens is 154 g/mol. The summed E-state index contributed by atoms with van der Waals surface area (Å²) in [6.45, 7) is 3.13. The van der Waals surface area contributed by atoms with Gasteiger partial charge in [0, 0.05) is 11.3 Å². The molecule has 2 rings (SSSR count). The summed E-state index contributed by atoms with van der Waals surface area (Å²) >= 11 is 2.08. The topological polar surface area (TPSA) is 26.0 Å². The van der Waals surface area contributed by atoms with E-state index in [2.05, 4.69) is 18.7 Å². The van der Waals surface area contributed by atoms with E-state index >= 15 is 0 Å². The second-order valence-corrected chi connectivity index (χ2v) is 5.91. The maximum atomic E-state index is 5.78. The second kappa shape index (κ2) is 2.40. The molecule has 2 saturated carbocycles. The molecule has 0 aromatic heterocycles. The first kappa shape index (κ1) is 7.93. The SMILES string of the molecule is CCSC1(CN)CC2(CC2)C1. The fourth-order valence-corrected chi connectivity index (χ4v) is 4.00. The zero-order valence-electron chi connectivity index (χ0n) is 7.23. The van der Waals surface area contributed by atoms with Crippen molar-refractivity contribution in [1.82, 2.24) is 0 Å². The molecule has 2 heteroatoms. The lowest BCUT2D eigenvalue weighted by molar-refractivity contribution is 0.210. The van der Waals surface area contributed by atoms with Crippen molar-refractivity contribution in [3.05, 3.63) is 0 Å². The van der Waals surface area contributed by atoms with Gasteiger partial charge in [0.15, 0.2) is 0 Å². The van der Waals surface area contributed by atoms with Crippen molar-refractivity contribution in [1.29, 1.82) is 0 Å². The monoisotopic (exact) mass is 171 g/mol. The van der Waals surface area contributed by atoms with Gasteiger partial charge >= 0.3 is 0 Å². The molecule has 0 unspecified atom stereocenters. The lowest BCUT2D eigenvalue weighted by atomic mass is 9.71. The molecule has 2 aliphatic carbocycles. The molecule has 1 spiro atoms. The molecule has 0 aromatic carbocycles. The molecule has 2 fully saturated rings. The Balaban J connectivity index is 1.89. The maximum absolute atomic E-state index is 5.78. The number of rotatable bonds is 3. The van der Waals surface area contributed by atoms with Crippen LogP contribution in [0, 0.1) is 5.41 Å². The van der Waals surface area contributed by atoms with Crippen LogP contribution in [-0.4, -0.2) is 17.0 Å². The molecule has 2 N–H and O–H groups in total. The van der Waals surface area contributed by atoms with Crippen LogP contribution in [0.5, 0.6) is 0 Å². The molecule has 0 radical (unpaired) electrons. The van der Waals surface area contributed by atoms with Crippen molar-refractivity contribution in [2.24, 2.45) is 11.1 Å². The van der Waals surface area contributed by atoms with Gasteiger partial charge in [0.1, 0.15) is 0 Å². The fourth-order valence-electron chi connectivity index (χ4n) is 2.46. The Morgan fingerprint density at radius 1 is 1.36 bits per heavy atom. The largest absolute Gasteiger partial charge is 0.329 e. The normalized spacial score (nSPS) is 30.0. The lowest BCUT2D eigenvalue weighted by Gasteiger charge is -2.47. The highest BCUT2D eigenvalue weighted by Crippen LogP contribution is 2.68. The highest BCUT2D eigenvalue weighted by atomic mass is 32.2. The van der Waals surface area contributed by atoms with Gasteiger partial charge in [0.25, 0.3) is 0 Å². The first-order chi connectivity index (χ1) is 5.24. The van der Waals surface area contributed by atoms with E-state index < -0.39 is 0 Å². The summed E-state index contributed by atoms with van der Waals surface area (Å²) in [5, 5.41) is 0. The third-order valence-electron chi connectivity index (χ3n) is 3.17. The molecule has 1 nitrogen and oxygen atoms in total. The molecule has 0 bridgehead atoms. The molecule has 0 amide bonds. The summed E-state index contributed by atoms with van der Waals surface area (Å²) < 4.78 is 0.505. The third-order valence-corrected chi connectivity index (χ3v) is 4.53. The molecule has 0 heterocycles. The standard InChI is InChI=1S/C9H17NS/c1-2-11-9(7-10)5-8(6-9)3-4-8/h2-7,10H2,1H3. The van der Waals surface area contributed by atoms with Crippen LogP contribution < -0.4 is 5.73 Å². The van der Waals surface area contributed by atoms with Crippen LogP contribution in [0.3, 0.4) is 0 Å². The minimum Gasteiger partial charge on any atom is -0.329 e. The molecule has 0 aromatic rings. The number of thioether (sulfide) groups is 1. The maximum Gasteiger partial charge on any atom is 0.0292 e. The molecule has 2 aliphatic rings. The minimum absolute atomic E-state index is 0.505. The lowest BCUT2D eigenvalue weighted by Crippen LogP contribution is -2.48. The Bertz CT molecular complexity index is 155. The predicted molar refractivity (Wildman–Crippen MR) is 50.8 cm³/mol. The van der Waals surface area contributed by atoms with Gasteiger partial charge in [-0.25, -0.2) is 0 Å². The number of hydrogen-bond donors (Lipinski definition) is 1. The summed E-state index contributed by atoms with van der Waals surface area (Å²) in [7, 11) is 0. The second-order valence-electron chi connectivity index (χ2n) is 4.17. The van der Waals surface area contributed by atoms with Crippen LogP contribution in [0.2, 0.25) is 0 Å². The summed E-state index contributed by atoms with van der Waals surface area (Å²) in [5.74, 6) is 1.23. The first-order valence-electron chi connectivity index (χ1n) is 4.58. The van der Waals surface area contributed by atoms with Gasteiger partial charge in [0.05, 0.1) is 0 Å². The Hall–Kier alpha value is 0.310. The Morgan fingerprint density at radius 2 is 2.00 bits per heavy atom. The van der Waals surface area contributed by atoms with Crippen LogP contribution in [0.25, 0.3) is 0 Å². The van der Waals surface area contributed by atoms with E-state index in [0.717, 1.165) is 12.0 Å². The van der Waals surface area contributed by atoms with Crippen molar-refractivity contribution in [3.63, 3.8) is 0 Å². The van der Waals surface area contributed by atoms with E-state index in [1.165, 1.54) is 31.4 Å². The molecule has 64 valence electrons. The van der Waals surface area contributed by atoms with Gasteiger partial charge in [-0.1, -0.05) is 6.92 Å². The summed E-state index contributed by atoms with van der Waals surface area (Å²) in [6.07, 6.45) is 5.79. The average molecular weight is 171 g/mol. The Morgan fingerprint density at radius 3 is 2.36 bits per heavy atom. The van der Waals surface area contributed by atoms with Crippen molar-refractivity contribution < 1.29 is 0 Å². The highest BCUT2D eigenvalue weighted by Gasteiger charge is 2.60. The highest BCUT2D eigenvalue weighted by molar-refractivity contribution is 8.00. The number of nitrogens with two attached hydrogens (primary N) is 1. The zero-order valence-corrected chi connectivity index (χ0v) is 8.04. The van der Waals surface area contributed by atoms with Gasteiger partial charge in [-0.3, -0.25) is 0 Å². The van der Waals surface area contributed by atoms with Gasteiger partial charge < -0.3 is 5.73 Å². The van der Waals surface area contributed by atoms with Gasteiger partial charge in [0.2, 0.25) is 0 Å². The Labute approximate surface area is 73.1 Å². The van der Waals surface area contributed by atoms with Crippen LogP contribution >= 0.6 is 11.8 Å². The average Bonchev–Trinajstić information content (AvgIpc) is 2.67. The minimum atomic E-state index is 0.505. The quantitative estimate of drug-likeness (QED) is 0.703. The number of hydrogen-bond acceptors (Lipinski definition) is 2. The van der Waals surface area contributed by atoms with Crippen molar-refractivity contribution in [2.45, 2.75) is 37.4 Å². The van der Waals surface area contributed by atoms with Crippen molar-refractivity contribution >= 4 is 11.8 Å². The molecule has 0 atom stereocenters. The van der Waals surface area contributed by atoms with Crippen molar-refractivity contribution in [2.75, 3.05) is 12.3 Å². The summed E-state index contributed by atoms with van der Waals surface area (Å²) in [6, 6.07) is 0. The van der Waals surface area contributed by atoms with E-state index in [9.17, 15) is 0 Å². The third kappa shape index (κ3) is 1.20. The van der Waals surface area contributed by atoms with E-state index in [4.69, 9.17) is 5.73 Å². The van der Waals surface area contributed by atoms with E-state index in [0.29, 0.717) is 4.75 Å². The smallest absolute Gasteiger partial charge is 0.0292 e. The van der Waals surface area contributed by atoms with Gasteiger partial charge in [-0.05, 0) is 36.9 Å². The molecule has 11 heavy (non-hydrogen) atoms. The van der Waals surface area contributed by atoms with E-state index in [1.807, 2.05) is 0 Å². The summed E-state index contributed by atoms with van der Waals surface area (Å²) in [5.41, 5.74) is 6.59. The van der Waals surface area contributed by atoms with Crippen LogP contribution in [0.1, 0.15) is 32.6 Å². The van der Waals surface area contributed by atoms with Gasteiger partial charge in [-0.15, -0.1) is 0 Å². The molecule has 0 aliphatic heterocycles. The van der Waals surface area contributed by atoms with E-state index in [-0.39, 0.29) is 0 Å². The predicted octanol–water partition coefficient (Wildman–Crippen LogP) is 2.01. The Kier molecular flexibility index (Phi) is 1.73. The van der Waals surface area contributed by atoms with Crippen molar-refractivity contribution in [3.8, 4) is 0 Å².